The van der Waals surface area contributed by atoms with Gasteiger partial charge in [-0.15, -0.1) is 11.8 Å². The van der Waals surface area contributed by atoms with Gasteiger partial charge in [0.15, 0.2) is 4.87 Å². The number of benzene rings is 2. The van der Waals surface area contributed by atoms with Gasteiger partial charge in [0.1, 0.15) is 4.75 Å². The standard InChI is InChI=1S/C22H19N3O3S/c1-13-7-3-5-9-15(13)18-19(25(27)28)22(24-20(26)21(18,2)29-22)17-12-11-14-8-4-6-10-16(14)23-17/h3-12,18-19H,1-2H3,(H,24,26). The molecule has 4 atom stereocenters. The zero-order chi connectivity index (χ0) is 20.4. The maximum atomic E-state index is 13.1. The summed E-state index contributed by atoms with van der Waals surface area (Å²) in [5.41, 5.74) is 3.08. The molecule has 1 amide bonds. The number of thioether (sulfide) groups is 1. The van der Waals surface area contributed by atoms with E-state index < -0.39 is 21.6 Å². The van der Waals surface area contributed by atoms with Gasteiger partial charge in [-0.2, -0.15) is 0 Å². The molecule has 0 saturated carbocycles. The molecule has 2 aliphatic rings. The number of aryl methyl sites for hydroxylation is 1. The Hall–Kier alpha value is -2.93. The molecule has 7 heteroatoms. The molecule has 2 aromatic carbocycles. The summed E-state index contributed by atoms with van der Waals surface area (Å²) in [5.74, 6) is -0.727. The van der Waals surface area contributed by atoms with Crippen LogP contribution in [0.5, 0.6) is 0 Å². The number of aromatic nitrogens is 1. The van der Waals surface area contributed by atoms with Gasteiger partial charge in [-0.25, -0.2) is 4.98 Å². The average Bonchev–Trinajstić information content (AvgIpc) is 3.13. The summed E-state index contributed by atoms with van der Waals surface area (Å²) in [6, 6.07) is 17.9. The largest absolute Gasteiger partial charge is 0.329 e. The van der Waals surface area contributed by atoms with Crippen LogP contribution in [0.15, 0.2) is 60.7 Å². The van der Waals surface area contributed by atoms with Crippen LogP contribution in [0.1, 0.15) is 29.7 Å². The number of carbonyl (C=O) groups excluding carboxylic acids is 1. The quantitative estimate of drug-likeness (QED) is 0.530. The highest BCUT2D eigenvalue weighted by atomic mass is 32.2. The summed E-state index contributed by atoms with van der Waals surface area (Å²) in [5, 5.41) is 16.3. The minimum Gasteiger partial charge on any atom is -0.329 e. The van der Waals surface area contributed by atoms with Gasteiger partial charge >= 0.3 is 0 Å². The van der Waals surface area contributed by atoms with Crippen molar-refractivity contribution in [1.29, 1.82) is 0 Å². The number of rotatable bonds is 3. The van der Waals surface area contributed by atoms with E-state index in [-0.39, 0.29) is 10.8 Å². The van der Waals surface area contributed by atoms with Crippen LogP contribution in [0.3, 0.4) is 0 Å². The Morgan fingerprint density at radius 2 is 1.83 bits per heavy atom. The summed E-state index contributed by atoms with van der Waals surface area (Å²) < 4.78 is -0.947. The molecule has 6 nitrogen and oxygen atoms in total. The lowest BCUT2D eigenvalue weighted by atomic mass is 9.73. The van der Waals surface area contributed by atoms with E-state index in [0.717, 1.165) is 22.0 Å². The van der Waals surface area contributed by atoms with Gasteiger partial charge in [0, 0.05) is 10.3 Å². The van der Waals surface area contributed by atoms with E-state index in [2.05, 4.69) is 5.32 Å². The average molecular weight is 405 g/mol. The van der Waals surface area contributed by atoms with E-state index in [1.54, 1.807) is 6.07 Å². The van der Waals surface area contributed by atoms with Gasteiger partial charge in [-0.1, -0.05) is 48.5 Å². The summed E-state index contributed by atoms with van der Waals surface area (Å²) in [4.78, 5) is 28.8. The number of hydrogen-bond donors (Lipinski definition) is 1. The summed E-state index contributed by atoms with van der Waals surface area (Å²) in [7, 11) is 0. The minimum absolute atomic E-state index is 0.177. The van der Waals surface area contributed by atoms with Crippen molar-refractivity contribution >= 4 is 28.6 Å². The number of nitrogens with zero attached hydrogens (tertiary/aromatic N) is 2. The number of hydrogen-bond acceptors (Lipinski definition) is 5. The normalized spacial score (nSPS) is 30.5. The first-order valence-corrected chi connectivity index (χ1v) is 10.3. The number of piperidine rings is 1. The van der Waals surface area contributed by atoms with E-state index in [9.17, 15) is 14.9 Å². The third kappa shape index (κ3) is 2.37. The zero-order valence-corrected chi connectivity index (χ0v) is 16.8. The maximum Gasteiger partial charge on any atom is 0.259 e. The Morgan fingerprint density at radius 3 is 2.59 bits per heavy atom. The van der Waals surface area contributed by atoms with Crippen molar-refractivity contribution in [3.63, 3.8) is 0 Å². The van der Waals surface area contributed by atoms with Crippen LogP contribution in [-0.4, -0.2) is 26.6 Å². The number of nitrogens with one attached hydrogen (secondary N) is 1. The maximum absolute atomic E-state index is 13.1. The third-order valence-electron chi connectivity index (χ3n) is 6.18. The second-order valence-corrected chi connectivity index (χ2v) is 9.55. The molecule has 2 fully saturated rings. The number of carbonyl (C=O) groups is 1. The van der Waals surface area contributed by atoms with Crippen LogP contribution < -0.4 is 5.32 Å². The predicted molar refractivity (Wildman–Crippen MR) is 112 cm³/mol. The van der Waals surface area contributed by atoms with E-state index >= 15 is 0 Å². The number of fused-ring (bicyclic) bond motifs is 3. The first kappa shape index (κ1) is 18.1. The molecule has 2 saturated heterocycles. The van der Waals surface area contributed by atoms with E-state index in [4.69, 9.17) is 4.98 Å². The summed E-state index contributed by atoms with van der Waals surface area (Å²) in [6.45, 7) is 3.75. The van der Waals surface area contributed by atoms with E-state index in [1.165, 1.54) is 11.8 Å². The van der Waals surface area contributed by atoms with Crippen LogP contribution >= 0.6 is 11.8 Å². The van der Waals surface area contributed by atoms with Crippen LogP contribution in [0.4, 0.5) is 0 Å². The fourth-order valence-electron chi connectivity index (χ4n) is 4.79. The lowest BCUT2D eigenvalue weighted by molar-refractivity contribution is -0.535. The first-order chi connectivity index (χ1) is 13.9. The Kier molecular flexibility index (Phi) is 3.77. The predicted octanol–water partition coefficient (Wildman–Crippen LogP) is 3.76. The highest BCUT2D eigenvalue weighted by Gasteiger charge is 2.76. The van der Waals surface area contributed by atoms with Crippen molar-refractivity contribution in [2.24, 2.45) is 0 Å². The van der Waals surface area contributed by atoms with Gasteiger partial charge in [0.05, 0.1) is 17.1 Å². The van der Waals surface area contributed by atoms with Crippen molar-refractivity contribution in [1.82, 2.24) is 10.3 Å². The van der Waals surface area contributed by atoms with Crippen LogP contribution in [0.25, 0.3) is 10.9 Å². The monoisotopic (exact) mass is 405 g/mol. The Labute approximate surface area is 171 Å². The van der Waals surface area contributed by atoms with E-state index in [0.29, 0.717) is 5.69 Å². The lowest BCUT2D eigenvalue weighted by Crippen LogP contribution is -2.59. The number of pyridine rings is 1. The number of nitro groups is 1. The SMILES string of the molecule is Cc1ccccc1C1C([N+](=O)[O-])C2(c3ccc4ccccc4n3)NC(=O)C1(C)S2. The smallest absolute Gasteiger partial charge is 0.259 e. The number of amides is 1. The molecule has 146 valence electrons. The van der Waals surface area contributed by atoms with Crippen molar-refractivity contribution < 1.29 is 9.72 Å². The molecular weight excluding hydrogens is 386 g/mol. The second-order valence-electron chi connectivity index (χ2n) is 7.85. The van der Waals surface area contributed by atoms with Crippen LogP contribution in [0, 0.1) is 17.0 Å². The molecular formula is C22H19N3O3S. The molecule has 0 aliphatic carbocycles. The second kappa shape index (κ2) is 6.03. The van der Waals surface area contributed by atoms with Crippen molar-refractivity contribution in [3.8, 4) is 0 Å². The molecule has 3 aromatic rings. The van der Waals surface area contributed by atoms with Gasteiger partial charge < -0.3 is 5.32 Å². The minimum atomic E-state index is -1.20. The van der Waals surface area contributed by atoms with E-state index in [1.807, 2.05) is 68.4 Å². The fourth-order valence-corrected chi connectivity index (χ4v) is 6.69. The highest BCUT2D eigenvalue weighted by Crippen LogP contribution is 2.66. The third-order valence-corrected chi connectivity index (χ3v) is 7.92. The topological polar surface area (TPSA) is 85.1 Å². The molecule has 4 unspecified atom stereocenters. The zero-order valence-electron chi connectivity index (χ0n) is 16.0. The molecule has 29 heavy (non-hydrogen) atoms. The molecule has 3 heterocycles. The van der Waals surface area contributed by atoms with Crippen LogP contribution in [-0.2, 0) is 9.67 Å². The van der Waals surface area contributed by atoms with Gasteiger partial charge in [-0.05, 0) is 37.1 Å². The van der Waals surface area contributed by atoms with Crippen molar-refractivity contribution in [3.05, 3.63) is 87.6 Å². The van der Waals surface area contributed by atoms with Crippen molar-refractivity contribution in [2.45, 2.75) is 35.4 Å². The fraction of sp³-hybridized carbons (Fsp3) is 0.273. The Morgan fingerprint density at radius 1 is 1.10 bits per heavy atom. The van der Waals surface area contributed by atoms with Gasteiger partial charge in [0.25, 0.3) is 6.04 Å². The molecule has 2 aliphatic heterocycles. The molecule has 1 aromatic heterocycles. The van der Waals surface area contributed by atoms with Gasteiger partial charge in [0.2, 0.25) is 5.91 Å². The molecule has 5 rings (SSSR count). The lowest BCUT2D eigenvalue weighted by Gasteiger charge is -2.35. The van der Waals surface area contributed by atoms with Crippen molar-refractivity contribution in [2.75, 3.05) is 0 Å². The number of para-hydroxylation sites is 1. The molecule has 1 N–H and O–H groups in total. The Balaban J connectivity index is 1.74. The van der Waals surface area contributed by atoms with Crippen LogP contribution in [0.2, 0.25) is 0 Å². The Bertz CT molecular complexity index is 1180. The first-order valence-electron chi connectivity index (χ1n) is 9.45. The summed E-state index contributed by atoms with van der Waals surface area (Å²) in [6.07, 6.45) is 0. The molecule has 0 radical (unpaired) electrons. The summed E-state index contributed by atoms with van der Waals surface area (Å²) >= 11 is 1.33. The van der Waals surface area contributed by atoms with Gasteiger partial charge in [-0.3, -0.25) is 14.9 Å². The molecule has 0 spiro atoms. The molecule has 2 bridgehead atoms. The highest BCUT2D eigenvalue weighted by molar-refractivity contribution is 8.03.